The Balaban J connectivity index is 0.910. The molecule has 0 spiro atoms. The first-order valence-corrected chi connectivity index (χ1v) is 19.4. The van der Waals surface area contributed by atoms with E-state index in [0.29, 0.717) is 46.1 Å². The third-order valence-electron chi connectivity index (χ3n) is 10.4. The predicted molar refractivity (Wildman–Crippen MR) is 221 cm³/mol. The maximum absolute atomic E-state index is 15.4. The maximum Gasteiger partial charge on any atom is 0.264 e. The number of piperidine rings is 1. The van der Waals surface area contributed by atoms with Crippen LogP contribution in [0.4, 0.5) is 21.5 Å². The van der Waals surface area contributed by atoms with Gasteiger partial charge in [0.25, 0.3) is 23.6 Å². The average molecular weight is 813 g/mol. The Morgan fingerprint density at radius 1 is 0.850 bits per heavy atom. The number of para-hydroxylation sites is 1. The maximum atomic E-state index is 15.4. The van der Waals surface area contributed by atoms with E-state index < -0.39 is 47.4 Å². The molecule has 2 aliphatic heterocycles. The smallest absolute Gasteiger partial charge is 0.264 e. The van der Waals surface area contributed by atoms with Crippen LogP contribution in [0.5, 0.6) is 0 Å². The molecule has 1 saturated heterocycles. The molecule has 7 rings (SSSR count). The molecule has 3 heterocycles. The Morgan fingerprint density at radius 3 is 2.32 bits per heavy atom. The zero-order valence-corrected chi connectivity index (χ0v) is 32.7. The number of halogens is 1. The highest BCUT2D eigenvalue weighted by molar-refractivity contribution is 6.25. The number of fused-ring (bicyclic) bond motifs is 2. The molecule has 15 nitrogen and oxygen atoms in total. The van der Waals surface area contributed by atoms with Crippen LogP contribution in [0.25, 0.3) is 22.0 Å². The van der Waals surface area contributed by atoms with Crippen LogP contribution < -0.4 is 31.9 Å². The Morgan fingerprint density at radius 2 is 1.58 bits per heavy atom. The number of aromatic nitrogens is 1. The van der Waals surface area contributed by atoms with Gasteiger partial charge in [0, 0.05) is 49.5 Å². The lowest BCUT2D eigenvalue weighted by Crippen LogP contribution is -2.54. The number of hydrogen-bond donors (Lipinski definition) is 6. The monoisotopic (exact) mass is 812 g/mol. The van der Waals surface area contributed by atoms with Crippen molar-refractivity contribution in [2.75, 3.05) is 30.8 Å². The molecule has 4 aromatic carbocycles. The number of imide groups is 2. The molecule has 2 aliphatic rings. The highest BCUT2D eigenvalue weighted by Crippen LogP contribution is 2.34. The van der Waals surface area contributed by atoms with Gasteiger partial charge in [-0.25, -0.2) is 4.39 Å². The van der Waals surface area contributed by atoms with Gasteiger partial charge in [-0.3, -0.25) is 48.8 Å². The molecule has 16 heteroatoms. The van der Waals surface area contributed by atoms with Crippen LogP contribution in [-0.2, 0) is 14.4 Å². The molecule has 5 aromatic rings. The molecule has 2 unspecified atom stereocenters. The van der Waals surface area contributed by atoms with Crippen molar-refractivity contribution in [2.24, 2.45) is 0 Å². The van der Waals surface area contributed by atoms with E-state index in [-0.39, 0.29) is 60.1 Å². The second-order valence-electron chi connectivity index (χ2n) is 14.3. The molecule has 60 heavy (non-hydrogen) atoms. The molecule has 0 saturated carbocycles. The molecule has 7 amide bonds. The fourth-order valence-electron chi connectivity index (χ4n) is 7.20. The summed E-state index contributed by atoms with van der Waals surface area (Å²) >= 11 is 0. The summed E-state index contributed by atoms with van der Waals surface area (Å²) in [7, 11) is 1.54. The van der Waals surface area contributed by atoms with Crippen LogP contribution in [-0.4, -0.2) is 83.5 Å². The summed E-state index contributed by atoms with van der Waals surface area (Å²) in [6.45, 7) is 2.09. The number of carbonyl (C=O) groups is 7. The lowest BCUT2D eigenvalue weighted by atomic mass is 9.99. The van der Waals surface area contributed by atoms with E-state index in [2.05, 4.69) is 36.9 Å². The number of rotatable bonds is 14. The number of nitrogens with one attached hydrogen (secondary N) is 6. The van der Waals surface area contributed by atoms with Gasteiger partial charge < -0.3 is 26.6 Å². The number of pyridine rings is 1. The van der Waals surface area contributed by atoms with Gasteiger partial charge in [0.2, 0.25) is 17.7 Å². The highest BCUT2D eigenvalue weighted by Gasteiger charge is 2.45. The minimum atomic E-state index is -1.11. The van der Waals surface area contributed by atoms with Gasteiger partial charge in [-0.2, -0.15) is 0 Å². The van der Waals surface area contributed by atoms with Crippen molar-refractivity contribution in [3.8, 4) is 11.1 Å². The van der Waals surface area contributed by atoms with E-state index in [1.807, 2.05) is 36.4 Å². The van der Waals surface area contributed by atoms with Crippen LogP contribution in [0.3, 0.4) is 0 Å². The van der Waals surface area contributed by atoms with Gasteiger partial charge in [0.15, 0.2) is 0 Å². The molecular weight excluding hydrogens is 772 g/mol. The van der Waals surface area contributed by atoms with Gasteiger partial charge in [0.05, 0.1) is 33.5 Å². The number of nitrogens with zero attached hydrogens (tertiary/aromatic N) is 2. The number of unbranched alkanes of at least 4 members (excludes halogenated alkanes) is 1. The molecule has 1 aromatic heterocycles. The molecule has 0 aliphatic carbocycles. The molecule has 1 fully saturated rings. The van der Waals surface area contributed by atoms with E-state index in [1.54, 1.807) is 37.3 Å². The first kappa shape index (κ1) is 40.7. The Labute approximate surface area is 343 Å². The first-order valence-electron chi connectivity index (χ1n) is 19.4. The largest absolute Gasteiger partial charge is 0.373 e. The molecule has 2 atom stereocenters. The fourth-order valence-corrected chi connectivity index (χ4v) is 7.20. The van der Waals surface area contributed by atoms with E-state index in [9.17, 15) is 33.6 Å². The summed E-state index contributed by atoms with van der Waals surface area (Å²) in [5.74, 6) is -4.53. The molecule has 6 N–H and O–H groups in total. The van der Waals surface area contributed by atoms with Crippen molar-refractivity contribution in [3.05, 3.63) is 119 Å². The lowest BCUT2D eigenvalue weighted by molar-refractivity contribution is -0.136. The van der Waals surface area contributed by atoms with Crippen molar-refractivity contribution in [2.45, 2.75) is 44.7 Å². The fraction of sp³-hybridized carbons (Fsp3) is 0.227. The van der Waals surface area contributed by atoms with Gasteiger partial charge >= 0.3 is 0 Å². The van der Waals surface area contributed by atoms with Crippen LogP contribution in [0, 0.1) is 5.82 Å². The van der Waals surface area contributed by atoms with E-state index >= 15 is 4.39 Å². The van der Waals surface area contributed by atoms with Crippen LogP contribution >= 0.6 is 0 Å². The quantitative estimate of drug-likeness (QED) is 0.0675. The molecule has 0 radical (unpaired) electrons. The zero-order chi connectivity index (χ0) is 42.5. The highest BCUT2D eigenvalue weighted by atomic mass is 19.1. The molecule has 0 bridgehead atoms. The zero-order valence-electron chi connectivity index (χ0n) is 32.7. The van der Waals surface area contributed by atoms with Crippen LogP contribution in [0.1, 0.15) is 74.0 Å². The van der Waals surface area contributed by atoms with E-state index in [0.717, 1.165) is 10.6 Å². The number of amides is 7. The van der Waals surface area contributed by atoms with Gasteiger partial charge in [0.1, 0.15) is 17.9 Å². The van der Waals surface area contributed by atoms with Crippen molar-refractivity contribution >= 4 is 69.3 Å². The number of benzene rings is 4. The normalized spacial score (nSPS) is 15.2. The van der Waals surface area contributed by atoms with Gasteiger partial charge in [-0.05, 0) is 85.8 Å². The Hall–Kier alpha value is -7.49. The Bertz CT molecular complexity index is 2570. The van der Waals surface area contributed by atoms with Crippen LogP contribution in [0.15, 0.2) is 91.1 Å². The second kappa shape index (κ2) is 17.6. The van der Waals surface area contributed by atoms with Crippen molar-refractivity contribution in [1.29, 1.82) is 0 Å². The summed E-state index contributed by atoms with van der Waals surface area (Å²) in [4.78, 5) is 94.5. The average Bonchev–Trinajstić information content (AvgIpc) is 3.50. The third-order valence-corrected chi connectivity index (χ3v) is 10.4. The van der Waals surface area contributed by atoms with Gasteiger partial charge in [-0.1, -0.05) is 36.4 Å². The minimum Gasteiger partial charge on any atom is -0.373 e. The van der Waals surface area contributed by atoms with Crippen LogP contribution in [0.2, 0.25) is 0 Å². The number of carbonyl (C=O) groups excluding carboxylic acids is 7. The predicted octanol–water partition coefficient (Wildman–Crippen LogP) is 4.67. The standard InChI is InChI=1S/C44H41FN8O7/c1-24(50-34-12-8-11-29-37(34)44(60)53(43(29)59)35-17-18-36(54)52-42(35)58)39(55)47-19-6-7-20-48-41(57)28-15-13-26(22-32(28)45)25-14-16-33-30(21-25)38(31(23-49-33)40(56)46-2)51-27-9-4-3-5-10-27/h3-5,8-16,21-24,35,50H,6-7,17-20H2,1-2H3,(H,46,56)(H,47,55)(H,48,57)(H,49,51)(H,52,54,58). The minimum absolute atomic E-state index is 0.00223. The van der Waals surface area contributed by atoms with Crippen molar-refractivity contribution in [3.63, 3.8) is 0 Å². The van der Waals surface area contributed by atoms with Crippen molar-refractivity contribution in [1.82, 2.24) is 31.2 Å². The van der Waals surface area contributed by atoms with E-state index in [4.69, 9.17) is 0 Å². The first-order chi connectivity index (χ1) is 28.9. The molecular formula is C44H41FN8O7. The van der Waals surface area contributed by atoms with Crippen molar-refractivity contribution < 1.29 is 38.0 Å². The second-order valence-corrected chi connectivity index (χ2v) is 14.3. The summed E-state index contributed by atoms with van der Waals surface area (Å²) in [6, 6.07) is 21.8. The number of anilines is 3. The summed E-state index contributed by atoms with van der Waals surface area (Å²) in [5.41, 5.74) is 3.71. The number of hydrogen-bond acceptors (Lipinski definition) is 10. The van der Waals surface area contributed by atoms with Gasteiger partial charge in [-0.15, -0.1) is 0 Å². The third kappa shape index (κ3) is 8.39. The summed E-state index contributed by atoms with van der Waals surface area (Å²) < 4.78 is 15.4. The Kier molecular flexibility index (Phi) is 11.9. The summed E-state index contributed by atoms with van der Waals surface area (Å²) in [6.07, 6.45) is 2.50. The van der Waals surface area contributed by atoms with E-state index in [1.165, 1.54) is 31.4 Å². The SMILES string of the molecule is CNC(=O)c1cnc2ccc(-c3ccc(C(=O)NCCCCNC(=O)C(C)Nc4cccc5c4C(=O)N(C4CCC(=O)NC4=O)C5=O)c(F)c3)cc2c1Nc1ccccc1. The lowest BCUT2D eigenvalue weighted by Gasteiger charge is -2.27. The topological polar surface area (TPSA) is 208 Å². The molecule has 306 valence electrons. The summed E-state index contributed by atoms with van der Waals surface area (Å²) in [5, 5.41) is 17.3.